The van der Waals surface area contributed by atoms with Crippen LogP contribution in [0.15, 0.2) is 58.4 Å². The van der Waals surface area contributed by atoms with E-state index in [-0.39, 0.29) is 0 Å². The van der Waals surface area contributed by atoms with Crippen molar-refractivity contribution in [1.29, 1.82) is 0 Å². The van der Waals surface area contributed by atoms with Gasteiger partial charge in [-0.25, -0.2) is 0 Å². The maximum absolute atomic E-state index is 2.49. The molecule has 3 rings (SSSR count). The van der Waals surface area contributed by atoms with E-state index in [4.69, 9.17) is 0 Å². The molecule has 0 spiro atoms. The first-order valence-electron chi connectivity index (χ1n) is 7.99. The van der Waals surface area contributed by atoms with Crippen LogP contribution in [0.2, 0.25) is 0 Å². The van der Waals surface area contributed by atoms with Crippen LogP contribution in [0, 0.1) is 5.92 Å². The lowest BCUT2D eigenvalue weighted by Gasteiger charge is -2.27. The Balaban J connectivity index is 1.87. The molecule has 1 saturated carbocycles. The van der Waals surface area contributed by atoms with Gasteiger partial charge in [0.25, 0.3) is 0 Å². The van der Waals surface area contributed by atoms with Crippen molar-refractivity contribution in [2.75, 3.05) is 0 Å². The molecule has 106 valence electrons. The lowest BCUT2D eigenvalue weighted by Crippen LogP contribution is -2.28. The van der Waals surface area contributed by atoms with E-state index in [1.54, 1.807) is 9.80 Å². The zero-order valence-corrected chi connectivity index (χ0v) is 13.2. The third kappa shape index (κ3) is 3.20. The largest absolute Gasteiger partial charge is 0.160 e. The standard InChI is InChI=1S/C19H25S/c1-16-12-14-19(15-13-16)20(17-8-4-2-5-9-17)18-10-6-3-7-11-18/h2,4-6,8-11,16,19H,3,7,12-15H2,1H3/q+1. The van der Waals surface area contributed by atoms with Gasteiger partial charge < -0.3 is 0 Å². The van der Waals surface area contributed by atoms with Crippen molar-refractivity contribution in [2.24, 2.45) is 5.92 Å². The maximum Gasteiger partial charge on any atom is 0.160 e. The Hall–Kier alpha value is -0.950. The fraction of sp³-hybridized carbons (Fsp3) is 0.474. The molecule has 1 atom stereocenters. The molecule has 2 aliphatic rings. The van der Waals surface area contributed by atoms with Gasteiger partial charge in [-0.3, -0.25) is 0 Å². The fourth-order valence-corrected chi connectivity index (χ4v) is 6.08. The number of benzene rings is 1. The van der Waals surface area contributed by atoms with Crippen molar-refractivity contribution in [1.82, 2.24) is 0 Å². The third-order valence-corrected chi connectivity index (χ3v) is 7.24. The molecular formula is C19H25S+. The van der Waals surface area contributed by atoms with E-state index < -0.39 is 0 Å². The molecule has 0 bridgehead atoms. The van der Waals surface area contributed by atoms with Crippen molar-refractivity contribution in [2.45, 2.75) is 55.6 Å². The van der Waals surface area contributed by atoms with Gasteiger partial charge in [0.05, 0.1) is 10.9 Å². The van der Waals surface area contributed by atoms with E-state index in [9.17, 15) is 0 Å². The fourth-order valence-electron chi connectivity index (χ4n) is 3.31. The summed E-state index contributed by atoms with van der Waals surface area (Å²) in [5, 5.41) is 0.864. The monoisotopic (exact) mass is 285 g/mol. The topological polar surface area (TPSA) is 0 Å². The highest BCUT2D eigenvalue weighted by Gasteiger charge is 2.38. The Morgan fingerprint density at radius 1 is 0.950 bits per heavy atom. The minimum Gasteiger partial charge on any atom is -0.0792 e. The Labute approximate surface area is 126 Å². The molecular weight excluding hydrogens is 260 g/mol. The average Bonchev–Trinajstić information content (AvgIpc) is 2.52. The molecule has 1 fully saturated rings. The lowest BCUT2D eigenvalue weighted by atomic mass is 9.91. The van der Waals surface area contributed by atoms with Gasteiger partial charge in [-0.15, -0.1) is 0 Å². The van der Waals surface area contributed by atoms with Gasteiger partial charge in [0, 0.05) is 0 Å². The predicted octanol–water partition coefficient (Wildman–Crippen LogP) is 5.48. The number of allylic oxidation sites excluding steroid dienone is 3. The second kappa shape index (κ2) is 6.67. The van der Waals surface area contributed by atoms with E-state index >= 15 is 0 Å². The Morgan fingerprint density at radius 2 is 1.70 bits per heavy atom. The first kappa shape index (κ1) is 14.0. The molecule has 0 nitrogen and oxygen atoms in total. The van der Waals surface area contributed by atoms with Crippen LogP contribution < -0.4 is 0 Å². The van der Waals surface area contributed by atoms with Gasteiger partial charge in [0.1, 0.15) is 5.25 Å². The van der Waals surface area contributed by atoms with Crippen LogP contribution in [0.3, 0.4) is 0 Å². The quantitative estimate of drug-likeness (QED) is 0.645. The van der Waals surface area contributed by atoms with Gasteiger partial charge >= 0.3 is 0 Å². The molecule has 0 saturated heterocycles. The first-order chi connectivity index (χ1) is 9.84. The third-order valence-electron chi connectivity index (χ3n) is 4.51. The number of hydrogen-bond acceptors (Lipinski definition) is 0. The Morgan fingerprint density at radius 3 is 2.35 bits per heavy atom. The van der Waals surface area contributed by atoms with Crippen LogP contribution in [0.1, 0.15) is 45.4 Å². The molecule has 1 aromatic carbocycles. The van der Waals surface area contributed by atoms with Crippen LogP contribution >= 0.6 is 0 Å². The number of rotatable bonds is 3. The van der Waals surface area contributed by atoms with Crippen LogP contribution in [-0.4, -0.2) is 5.25 Å². The smallest absolute Gasteiger partial charge is 0.0792 e. The Bertz CT molecular complexity index is 478. The maximum atomic E-state index is 2.49. The molecule has 1 heteroatoms. The van der Waals surface area contributed by atoms with Crippen LogP contribution in [0.4, 0.5) is 0 Å². The second-order valence-electron chi connectivity index (χ2n) is 6.12. The minimum absolute atomic E-state index is 0.299. The highest BCUT2D eigenvalue weighted by molar-refractivity contribution is 8.01. The summed E-state index contributed by atoms with van der Waals surface area (Å²) >= 11 is 0. The summed E-state index contributed by atoms with van der Waals surface area (Å²) in [6.45, 7) is 2.41. The summed E-state index contributed by atoms with van der Waals surface area (Å²) < 4.78 is 0. The average molecular weight is 285 g/mol. The van der Waals surface area contributed by atoms with E-state index in [1.165, 1.54) is 38.5 Å². The predicted molar refractivity (Wildman–Crippen MR) is 90.0 cm³/mol. The van der Waals surface area contributed by atoms with E-state index in [1.807, 2.05) is 0 Å². The molecule has 2 aliphatic carbocycles. The van der Waals surface area contributed by atoms with Crippen LogP contribution in [0.25, 0.3) is 0 Å². The molecule has 1 aromatic rings. The molecule has 0 aliphatic heterocycles. The van der Waals surface area contributed by atoms with E-state index in [0.717, 1.165) is 11.2 Å². The molecule has 0 amide bonds. The Kier molecular flexibility index (Phi) is 4.67. The van der Waals surface area contributed by atoms with E-state index in [2.05, 4.69) is 55.5 Å². The normalized spacial score (nSPS) is 27.9. The molecule has 0 radical (unpaired) electrons. The van der Waals surface area contributed by atoms with E-state index in [0.29, 0.717) is 10.9 Å². The van der Waals surface area contributed by atoms with Crippen LogP contribution in [-0.2, 0) is 10.9 Å². The highest BCUT2D eigenvalue weighted by atomic mass is 32.2. The summed E-state index contributed by atoms with van der Waals surface area (Å²) in [6, 6.07) is 11.2. The van der Waals surface area contributed by atoms with Crippen molar-refractivity contribution < 1.29 is 0 Å². The summed E-state index contributed by atoms with van der Waals surface area (Å²) in [4.78, 5) is 3.15. The summed E-state index contributed by atoms with van der Waals surface area (Å²) in [5.41, 5.74) is 0. The molecule has 0 N–H and O–H groups in total. The zero-order valence-electron chi connectivity index (χ0n) is 12.4. The van der Waals surface area contributed by atoms with Gasteiger partial charge in [0.2, 0.25) is 0 Å². The van der Waals surface area contributed by atoms with Gasteiger partial charge in [-0.05, 0) is 68.7 Å². The van der Waals surface area contributed by atoms with Gasteiger partial charge in [-0.1, -0.05) is 31.2 Å². The second-order valence-corrected chi connectivity index (χ2v) is 8.40. The highest BCUT2D eigenvalue weighted by Crippen LogP contribution is 2.38. The van der Waals surface area contributed by atoms with Crippen molar-refractivity contribution >= 4 is 10.9 Å². The molecule has 0 heterocycles. The van der Waals surface area contributed by atoms with Crippen LogP contribution in [0.5, 0.6) is 0 Å². The molecule has 0 aromatic heterocycles. The van der Waals surface area contributed by atoms with Crippen molar-refractivity contribution in [3.05, 3.63) is 53.5 Å². The molecule has 20 heavy (non-hydrogen) atoms. The zero-order chi connectivity index (χ0) is 13.8. The van der Waals surface area contributed by atoms with Gasteiger partial charge in [-0.2, -0.15) is 0 Å². The summed E-state index contributed by atoms with van der Waals surface area (Å²) in [7, 11) is 0.299. The van der Waals surface area contributed by atoms with Crippen molar-refractivity contribution in [3.63, 3.8) is 0 Å². The molecule has 1 unspecified atom stereocenters. The minimum atomic E-state index is 0.299. The lowest BCUT2D eigenvalue weighted by molar-refractivity contribution is 0.391. The summed E-state index contributed by atoms with van der Waals surface area (Å²) in [5.74, 6) is 0.934. The first-order valence-corrected chi connectivity index (χ1v) is 9.28. The van der Waals surface area contributed by atoms with Gasteiger partial charge in [0.15, 0.2) is 9.80 Å². The van der Waals surface area contributed by atoms with Crippen molar-refractivity contribution in [3.8, 4) is 0 Å². The summed E-state index contributed by atoms with van der Waals surface area (Å²) in [6.07, 6.45) is 15.3. The SMILES string of the molecule is CC1CCC([S+](C2=CCCC=C2)c2ccccc2)CC1. The number of hydrogen-bond donors (Lipinski definition) is 0.